The molecule has 1 aliphatic rings. The molecule has 0 bridgehead atoms. The predicted molar refractivity (Wildman–Crippen MR) is 112 cm³/mol. The smallest absolute Gasteiger partial charge is 0.246 e. The number of aromatic nitrogens is 6. The van der Waals surface area contributed by atoms with Crippen molar-refractivity contribution in [3.05, 3.63) is 41.7 Å². The fourth-order valence-corrected chi connectivity index (χ4v) is 5.62. The van der Waals surface area contributed by atoms with Gasteiger partial charge < -0.3 is 4.90 Å². The molecular weight excluding hydrogens is 404 g/mol. The molecule has 3 aromatic heterocycles. The average Bonchev–Trinajstić information content (AvgIpc) is 3.30. The lowest BCUT2D eigenvalue weighted by Gasteiger charge is -2.34. The fraction of sp³-hybridized carbons (Fsp3) is 0.474. The summed E-state index contributed by atoms with van der Waals surface area (Å²) < 4.78 is 31.5. The van der Waals surface area contributed by atoms with Crippen molar-refractivity contribution in [1.82, 2.24) is 33.8 Å². The Labute approximate surface area is 176 Å². The Bertz CT molecular complexity index is 1160. The molecule has 0 N–H and O–H groups in total. The van der Waals surface area contributed by atoms with Crippen molar-refractivity contribution in [2.24, 2.45) is 0 Å². The van der Waals surface area contributed by atoms with Gasteiger partial charge in [0, 0.05) is 45.0 Å². The molecule has 4 rings (SSSR count). The lowest BCUT2D eigenvalue weighted by Crippen LogP contribution is -2.49. The molecule has 1 saturated heterocycles. The predicted octanol–water partition coefficient (Wildman–Crippen LogP) is 1.31. The molecular formula is C19H26N8O2S. The largest absolute Gasteiger partial charge is 0.354 e. The molecule has 0 amide bonds. The first-order chi connectivity index (χ1) is 14.3. The molecule has 0 aliphatic carbocycles. The van der Waals surface area contributed by atoms with Crippen LogP contribution in [-0.2, 0) is 16.6 Å². The van der Waals surface area contributed by atoms with E-state index in [9.17, 15) is 8.42 Å². The first-order valence-electron chi connectivity index (χ1n) is 9.95. The minimum Gasteiger partial charge on any atom is -0.354 e. The van der Waals surface area contributed by atoms with E-state index in [-0.39, 0.29) is 0 Å². The second-order valence-electron chi connectivity index (χ2n) is 7.34. The molecule has 0 spiro atoms. The molecule has 3 aromatic rings. The number of hydrogen-bond acceptors (Lipinski definition) is 7. The van der Waals surface area contributed by atoms with E-state index >= 15 is 0 Å². The highest BCUT2D eigenvalue weighted by Gasteiger charge is 2.33. The quantitative estimate of drug-likeness (QED) is 0.601. The van der Waals surface area contributed by atoms with Crippen LogP contribution in [0.3, 0.4) is 0 Å². The molecule has 0 saturated carbocycles. The monoisotopic (exact) mass is 430 g/mol. The van der Waals surface area contributed by atoms with Crippen LogP contribution in [0.15, 0.2) is 29.6 Å². The third-order valence-electron chi connectivity index (χ3n) is 5.37. The van der Waals surface area contributed by atoms with Crippen LogP contribution in [-0.4, -0.2) is 68.4 Å². The summed E-state index contributed by atoms with van der Waals surface area (Å²) in [5.74, 6) is 1.44. The van der Waals surface area contributed by atoms with Crippen LogP contribution in [0.4, 0.5) is 5.82 Å². The van der Waals surface area contributed by atoms with Gasteiger partial charge in [0.1, 0.15) is 17.0 Å². The van der Waals surface area contributed by atoms with E-state index < -0.39 is 10.0 Å². The van der Waals surface area contributed by atoms with E-state index in [1.807, 2.05) is 39.1 Å². The SMILES string of the molecule is CCn1nc(C)c(S(=O)(=O)N2CCN(c3cc(-n4ccc(C)n4)ncn3)CC2)c1C. The molecule has 160 valence electrons. The third kappa shape index (κ3) is 3.58. The van der Waals surface area contributed by atoms with Gasteiger partial charge in [-0.2, -0.15) is 14.5 Å². The van der Waals surface area contributed by atoms with Gasteiger partial charge in [-0.25, -0.2) is 23.1 Å². The van der Waals surface area contributed by atoms with Gasteiger partial charge in [0.15, 0.2) is 5.82 Å². The lowest BCUT2D eigenvalue weighted by molar-refractivity contribution is 0.383. The highest BCUT2D eigenvalue weighted by molar-refractivity contribution is 7.89. The van der Waals surface area contributed by atoms with Crippen molar-refractivity contribution in [3.63, 3.8) is 0 Å². The Morgan fingerprint density at radius 3 is 2.30 bits per heavy atom. The van der Waals surface area contributed by atoms with Crippen LogP contribution >= 0.6 is 0 Å². The van der Waals surface area contributed by atoms with Gasteiger partial charge in [-0.1, -0.05) is 0 Å². The molecule has 0 atom stereocenters. The van der Waals surface area contributed by atoms with Crippen LogP contribution in [0.25, 0.3) is 5.82 Å². The van der Waals surface area contributed by atoms with Gasteiger partial charge >= 0.3 is 0 Å². The highest BCUT2D eigenvalue weighted by atomic mass is 32.2. The summed E-state index contributed by atoms with van der Waals surface area (Å²) in [6, 6.07) is 3.78. The first kappa shape index (κ1) is 20.5. The van der Waals surface area contributed by atoms with Crippen LogP contribution < -0.4 is 4.90 Å². The molecule has 1 aliphatic heterocycles. The van der Waals surface area contributed by atoms with E-state index in [1.165, 1.54) is 6.33 Å². The summed E-state index contributed by atoms with van der Waals surface area (Å²) in [5.41, 5.74) is 2.14. The average molecular weight is 431 g/mol. The van der Waals surface area contributed by atoms with Crippen molar-refractivity contribution >= 4 is 15.8 Å². The zero-order valence-corrected chi connectivity index (χ0v) is 18.5. The van der Waals surface area contributed by atoms with E-state index in [4.69, 9.17) is 0 Å². The number of hydrogen-bond donors (Lipinski definition) is 0. The Hall–Kier alpha value is -2.79. The van der Waals surface area contributed by atoms with Gasteiger partial charge in [0.25, 0.3) is 0 Å². The molecule has 10 nitrogen and oxygen atoms in total. The van der Waals surface area contributed by atoms with Crippen molar-refractivity contribution < 1.29 is 8.42 Å². The zero-order valence-electron chi connectivity index (χ0n) is 17.6. The van der Waals surface area contributed by atoms with Crippen molar-refractivity contribution in [2.75, 3.05) is 31.1 Å². The van der Waals surface area contributed by atoms with Crippen molar-refractivity contribution in [1.29, 1.82) is 0 Å². The third-order valence-corrected chi connectivity index (χ3v) is 7.52. The Balaban J connectivity index is 1.51. The maximum Gasteiger partial charge on any atom is 0.246 e. The van der Waals surface area contributed by atoms with Gasteiger partial charge in [-0.05, 0) is 33.8 Å². The Kier molecular flexibility index (Phi) is 5.33. The summed E-state index contributed by atoms with van der Waals surface area (Å²) >= 11 is 0. The van der Waals surface area contributed by atoms with E-state index in [0.29, 0.717) is 54.8 Å². The van der Waals surface area contributed by atoms with Crippen LogP contribution in [0.5, 0.6) is 0 Å². The maximum absolute atomic E-state index is 13.3. The number of piperazine rings is 1. The van der Waals surface area contributed by atoms with Gasteiger partial charge in [-0.3, -0.25) is 4.68 Å². The lowest BCUT2D eigenvalue weighted by atomic mass is 10.3. The number of sulfonamides is 1. The van der Waals surface area contributed by atoms with Crippen molar-refractivity contribution in [3.8, 4) is 5.82 Å². The Morgan fingerprint density at radius 2 is 1.70 bits per heavy atom. The minimum absolute atomic E-state index is 0.330. The van der Waals surface area contributed by atoms with E-state index in [2.05, 4.69) is 25.1 Å². The molecule has 11 heteroatoms. The Morgan fingerprint density at radius 1 is 1.00 bits per heavy atom. The number of rotatable bonds is 5. The molecule has 0 aromatic carbocycles. The molecule has 0 radical (unpaired) electrons. The first-order valence-corrected chi connectivity index (χ1v) is 11.4. The van der Waals surface area contributed by atoms with Crippen LogP contribution in [0.1, 0.15) is 24.0 Å². The van der Waals surface area contributed by atoms with Gasteiger partial charge in [-0.15, -0.1) is 0 Å². The number of nitrogens with zero attached hydrogens (tertiary/aromatic N) is 8. The van der Waals surface area contributed by atoms with E-state index in [0.717, 1.165) is 11.5 Å². The van der Waals surface area contributed by atoms with E-state index in [1.54, 1.807) is 20.6 Å². The molecule has 30 heavy (non-hydrogen) atoms. The molecule has 4 heterocycles. The van der Waals surface area contributed by atoms with Gasteiger partial charge in [0.2, 0.25) is 10.0 Å². The van der Waals surface area contributed by atoms with Gasteiger partial charge in [0.05, 0.1) is 17.1 Å². The van der Waals surface area contributed by atoms with Crippen LogP contribution in [0.2, 0.25) is 0 Å². The zero-order chi connectivity index (χ0) is 21.5. The summed E-state index contributed by atoms with van der Waals surface area (Å²) in [4.78, 5) is 11.1. The molecule has 1 fully saturated rings. The van der Waals surface area contributed by atoms with Crippen LogP contribution in [0, 0.1) is 20.8 Å². The summed E-state index contributed by atoms with van der Waals surface area (Å²) in [7, 11) is -3.59. The standard InChI is InChI=1S/C19H26N8O2S/c1-5-26-16(4)19(15(3)23-26)30(28,29)25-10-8-24(9-11-25)17-12-18(21-13-20-17)27-7-6-14(2)22-27/h6-7,12-13H,5,8-11H2,1-4H3. The number of anilines is 1. The second-order valence-corrected chi connectivity index (χ2v) is 9.22. The summed E-state index contributed by atoms with van der Waals surface area (Å²) in [5, 5.41) is 8.75. The minimum atomic E-state index is -3.59. The maximum atomic E-state index is 13.3. The topological polar surface area (TPSA) is 102 Å². The summed E-state index contributed by atoms with van der Waals surface area (Å²) in [6.07, 6.45) is 3.36. The second kappa shape index (κ2) is 7.80. The summed E-state index contributed by atoms with van der Waals surface area (Å²) in [6.45, 7) is 9.95. The molecule has 0 unspecified atom stereocenters. The number of aryl methyl sites for hydroxylation is 3. The van der Waals surface area contributed by atoms with Crippen molar-refractivity contribution in [2.45, 2.75) is 39.1 Å². The normalized spacial score (nSPS) is 15.7. The highest BCUT2D eigenvalue weighted by Crippen LogP contribution is 2.25. The fourth-order valence-electron chi connectivity index (χ4n) is 3.83.